The number of hydrogen-bond acceptors (Lipinski definition) is 10. The summed E-state index contributed by atoms with van der Waals surface area (Å²) in [5.41, 5.74) is 0.571. The van der Waals surface area contributed by atoms with E-state index in [-0.39, 0.29) is 22.5 Å². The number of rotatable bonds is 12. The first-order valence-corrected chi connectivity index (χ1v) is 15.5. The molecule has 12 heteroatoms. The standard InChI is InChI=1S/C26H37N5O5S2/c1-30-12-14-31(15-13-30)19-22-18-27-26(37-22)28-25(32)24(29-36-21-6-3-4-7-21)20-8-10-23(11-9-20)38(33,34)17-5-16-35-2/h8-11,18,21H,3-7,12-17,19H2,1-2H3,(H,27,28,32). The van der Waals surface area contributed by atoms with Crippen LogP contribution < -0.4 is 5.32 Å². The first-order chi connectivity index (χ1) is 18.3. The van der Waals surface area contributed by atoms with Gasteiger partial charge in [0.2, 0.25) is 0 Å². The van der Waals surface area contributed by atoms with E-state index in [1.807, 2.05) is 0 Å². The molecule has 0 atom stereocenters. The molecule has 10 nitrogen and oxygen atoms in total. The second-order valence-electron chi connectivity index (χ2n) is 9.81. The van der Waals surface area contributed by atoms with E-state index in [2.05, 4.69) is 32.3 Å². The van der Waals surface area contributed by atoms with Crippen LogP contribution in [-0.2, 0) is 30.8 Å². The first-order valence-electron chi connectivity index (χ1n) is 13.1. The number of sulfone groups is 1. The van der Waals surface area contributed by atoms with Gasteiger partial charge in [-0.25, -0.2) is 13.4 Å². The highest BCUT2D eigenvalue weighted by atomic mass is 32.2. The monoisotopic (exact) mass is 563 g/mol. The van der Waals surface area contributed by atoms with Crippen molar-refractivity contribution in [3.8, 4) is 0 Å². The molecule has 1 aromatic heterocycles. The maximum Gasteiger partial charge on any atom is 0.280 e. The maximum atomic E-state index is 13.3. The Balaban J connectivity index is 1.46. The number of carbonyl (C=O) groups excluding carboxylic acids is 1. The number of likely N-dealkylation sites (N-methyl/N-ethyl adjacent to an activating group) is 1. The average molecular weight is 564 g/mol. The van der Waals surface area contributed by atoms with E-state index < -0.39 is 15.7 Å². The Kier molecular flexibility index (Phi) is 10.3. The van der Waals surface area contributed by atoms with E-state index in [4.69, 9.17) is 9.57 Å². The van der Waals surface area contributed by atoms with E-state index in [0.29, 0.717) is 23.7 Å². The van der Waals surface area contributed by atoms with E-state index in [9.17, 15) is 13.2 Å². The van der Waals surface area contributed by atoms with Crippen LogP contribution in [0.5, 0.6) is 0 Å². The third kappa shape index (κ3) is 8.06. The maximum absolute atomic E-state index is 13.3. The molecule has 0 radical (unpaired) electrons. The molecule has 1 aliphatic carbocycles. The molecule has 1 N–H and O–H groups in total. The molecule has 208 valence electrons. The Morgan fingerprint density at radius 1 is 1.16 bits per heavy atom. The number of ether oxygens (including phenoxy) is 1. The van der Waals surface area contributed by atoms with Crippen LogP contribution in [0.25, 0.3) is 0 Å². The first kappa shape index (κ1) is 28.6. The Hall–Kier alpha value is -2.38. The van der Waals surface area contributed by atoms with Crippen LogP contribution in [0.4, 0.5) is 5.13 Å². The highest BCUT2D eigenvalue weighted by Crippen LogP contribution is 2.23. The van der Waals surface area contributed by atoms with E-state index in [1.165, 1.54) is 23.5 Å². The summed E-state index contributed by atoms with van der Waals surface area (Å²) in [7, 11) is 0.222. The van der Waals surface area contributed by atoms with Crippen molar-refractivity contribution >= 4 is 37.9 Å². The molecule has 2 aromatic rings. The number of thiazole rings is 1. The van der Waals surface area contributed by atoms with Crippen LogP contribution >= 0.6 is 11.3 Å². The van der Waals surface area contributed by atoms with Crippen molar-refractivity contribution in [2.24, 2.45) is 5.16 Å². The molecular weight excluding hydrogens is 526 g/mol. The minimum atomic E-state index is -3.45. The zero-order valence-electron chi connectivity index (χ0n) is 22.1. The summed E-state index contributed by atoms with van der Waals surface area (Å²) in [6.07, 6.45) is 6.15. The summed E-state index contributed by atoms with van der Waals surface area (Å²) < 4.78 is 30.2. The number of anilines is 1. The third-order valence-corrected chi connectivity index (χ3v) is 9.52. The quantitative estimate of drug-likeness (QED) is 0.238. The predicted molar refractivity (Wildman–Crippen MR) is 148 cm³/mol. The lowest BCUT2D eigenvalue weighted by atomic mass is 10.1. The lowest BCUT2D eigenvalue weighted by Crippen LogP contribution is -2.43. The number of carbonyl (C=O) groups is 1. The van der Waals surface area contributed by atoms with Crippen molar-refractivity contribution < 1.29 is 22.8 Å². The molecular formula is C26H37N5O5S2. The fourth-order valence-electron chi connectivity index (χ4n) is 4.50. The minimum absolute atomic E-state index is 0.00702. The highest BCUT2D eigenvalue weighted by molar-refractivity contribution is 7.91. The number of amides is 1. The third-order valence-electron chi connectivity index (χ3n) is 6.81. The Labute approximate surface area is 228 Å². The van der Waals surface area contributed by atoms with Gasteiger partial charge in [-0.2, -0.15) is 0 Å². The SMILES string of the molecule is COCCCS(=O)(=O)c1ccc(C(=NOC2CCCC2)C(=O)Nc2ncc(CN3CCN(C)CC3)s2)cc1. The number of nitrogens with one attached hydrogen (secondary N) is 1. The number of nitrogens with zero attached hydrogens (tertiary/aromatic N) is 4. The summed E-state index contributed by atoms with van der Waals surface area (Å²) in [6.45, 7) is 5.26. The largest absolute Gasteiger partial charge is 0.392 e. The lowest BCUT2D eigenvalue weighted by Gasteiger charge is -2.31. The van der Waals surface area contributed by atoms with E-state index >= 15 is 0 Å². The summed E-state index contributed by atoms with van der Waals surface area (Å²) in [6, 6.07) is 6.21. The lowest BCUT2D eigenvalue weighted by molar-refractivity contribution is -0.110. The Bertz CT molecular complexity index is 1180. The normalized spacial score (nSPS) is 18.1. The molecule has 1 aliphatic heterocycles. The molecule has 38 heavy (non-hydrogen) atoms. The Morgan fingerprint density at radius 2 is 1.87 bits per heavy atom. The van der Waals surface area contributed by atoms with Gasteiger partial charge in [-0.1, -0.05) is 17.3 Å². The van der Waals surface area contributed by atoms with Crippen LogP contribution in [0.3, 0.4) is 0 Å². The molecule has 1 saturated carbocycles. The zero-order chi connectivity index (χ0) is 27.0. The molecule has 1 amide bonds. The fraction of sp³-hybridized carbons (Fsp3) is 0.577. The molecule has 2 fully saturated rings. The second kappa shape index (κ2) is 13.6. The number of aromatic nitrogens is 1. The average Bonchev–Trinajstić information content (AvgIpc) is 3.58. The highest BCUT2D eigenvalue weighted by Gasteiger charge is 2.22. The van der Waals surface area contributed by atoms with Crippen LogP contribution in [0, 0.1) is 0 Å². The molecule has 1 aromatic carbocycles. The summed E-state index contributed by atoms with van der Waals surface area (Å²) in [5.74, 6) is -0.452. The van der Waals surface area contributed by atoms with Gasteiger partial charge in [0.05, 0.1) is 10.6 Å². The van der Waals surface area contributed by atoms with Gasteiger partial charge >= 0.3 is 0 Å². The van der Waals surface area contributed by atoms with Gasteiger partial charge < -0.3 is 14.5 Å². The van der Waals surface area contributed by atoms with Crippen molar-refractivity contribution in [2.75, 3.05) is 58.0 Å². The molecule has 0 unspecified atom stereocenters. The van der Waals surface area contributed by atoms with Crippen LogP contribution in [0.2, 0.25) is 0 Å². The number of benzene rings is 1. The summed E-state index contributed by atoms with van der Waals surface area (Å²) in [5, 5.41) is 7.58. The molecule has 2 heterocycles. The van der Waals surface area contributed by atoms with Gasteiger partial charge in [-0.3, -0.25) is 15.0 Å². The fourth-order valence-corrected chi connectivity index (χ4v) is 6.63. The van der Waals surface area contributed by atoms with Crippen molar-refractivity contribution in [1.29, 1.82) is 0 Å². The minimum Gasteiger partial charge on any atom is -0.392 e. The van der Waals surface area contributed by atoms with Crippen molar-refractivity contribution in [3.63, 3.8) is 0 Å². The van der Waals surface area contributed by atoms with Gasteiger partial charge in [0.15, 0.2) is 20.7 Å². The predicted octanol–water partition coefficient (Wildman–Crippen LogP) is 3.00. The number of methoxy groups -OCH3 is 1. The molecule has 2 aliphatic rings. The van der Waals surface area contributed by atoms with E-state index in [0.717, 1.165) is 63.3 Å². The van der Waals surface area contributed by atoms with Gasteiger partial charge in [0.1, 0.15) is 6.10 Å². The second-order valence-corrected chi connectivity index (χ2v) is 13.0. The van der Waals surface area contributed by atoms with E-state index in [1.54, 1.807) is 25.4 Å². The van der Waals surface area contributed by atoms with Gasteiger partial charge in [-0.05, 0) is 51.3 Å². The zero-order valence-corrected chi connectivity index (χ0v) is 23.7. The van der Waals surface area contributed by atoms with Crippen molar-refractivity contribution in [2.45, 2.75) is 49.6 Å². The summed E-state index contributed by atoms with van der Waals surface area (Å²) in [4.78, 5) is 29.4. The van der Waals surface area contributed by atoms with Gasteiger partial charge in [0, 0.05) is 63.1 Å². The molecule has 4 rings (SSSR count). The topological polar surface area (TPSA) is 113 Å². The van der Waals surface area contributed by atoms with Gasteiger partial charge in [0.25, 0.3) is 5.91 Å². The number of oxime groups is 1. The Morgan fingerprint density at radius 3 is 2.55 bits per heavy atom. The van der Waals surface area contributed by atoms with Gasteiger partial charge in [-0.15, -0.1) is 11.3 Å². The number of hydrogen-bond donors (Lipinski definition) is 1. The van der Waals surface area contributed by atoms with Crippen LogP contribution in [0.15, 0.2) is 40.5 Å². The van der Waals surface area contributed by atoms with Crippen molar-refractivity contribution in [3.05, 3.63) is 40.9 Å². The van der Waals surface area contributed by atoms with Crippen molar-refractivity contribution in [1.82, 2.24) is 14.8 Å². The smallest absolute Gasteiger partial charge is 0.280 e. The summed E-state index contributed by atoms with van der Waals surface area (Å²) >= 11 is 1.44. The van der Waals surface area contributed by atoms with Crippen LogP contribution in [-0.4, -0.2) is 93.6 Å². The van der Waals surface area contributed by atoms with Crippen LogP contribution in [0.1, 0.15) is 42.5 Å². The molecule has 0 bridgehead atoms. The number of piperazine rings is 1. The molecule has 0 spiro atoms. The molecule has 1 saturated heterocycles.